The molecule has 5 nitrogen and oxygen atoms in total. The molecule has 1 saturated heterocycles. The van der Waals surface area contributed by atoms with Crippen molar-refractivity contribution in [3.63, 3.8) is 0 Å². The molecule has 1 atom stereocenters. The van der Waals surface area contributed by atoms with Crippen LogP contribution in [0.25, 0.3) is 11.1 Å². The van der Waals surface area contributed by atoms with Gasteiger partial charge in [0.15, 0.2) is 0 Å². The summed E-state index contributed by atoms with van der Waals surface area (Å²) in [5.74, 6) is 0.623. The van der Waals surface area contributed by atoms with Gasteiger partial charge in [-0.15, -0.1) is 0 Å². The number of carbonyl (C=O) groups excluding carboxylic acids is 1. The summed E-state index contributed by atoms with van der Waals surface area (Å²) in [5, 5.41) is 2.44. The summed E-state index contributed by atoms with van der Waals surface area (Å²) in [6, 6.07) is 19.7. The predicted molar refractivity (Wildman–Crippen MR) is 163 cm³/mol. The molecule has 3 aromatic rings. The highest BCUT2D eigenvalue weighted by molar-refractivity contribution is 6.36. The molecule has 0 spiro atoms. The number of alkyl halides is 1. The first kappa shape index (κ1) is 29.6. The normalized spacial score (nSPS) is 17.3. The van der Waals surface area contributed by atoms with Crippen LogP contribution in [-0.2, 0) is 11.3 Å². The van der Waals surface area contributed by atoms with E-state index < -0.39 is 0 Å². The van der Waals surface area contributed by atoms with Crippen LogP contribution >= 0.6 is 23.2 Å². The van der Waals surface area contributed by atoms with Crippen LogP contribution in [0.1, 0.15) is 58.3 Å². The molecule has 8 heteroatoms. The highest BCUT2D eigenvalue weighted by Crippen LogP contribution is 2.42. The Morgan fingerprint density at radius 3 is 2.56 bits per heavy atom. The molecule has 0 bridgehead atoms. The van der Waals surface area contributed by atoms with Crippen LogP contribution in [0.2, 0.25) is 10.0 Å². The number of hydroxylamine groups is 2. The molecular formula is C33H35Cl2FN2O3. The lowest BCUT2D eigenvalue weighted by molar-refractivity contribution is -0.0757. The van der Waals surface area contributed by atoms with Gasteiger partial charge in [0.25, 0.3) is 5.91 Å². The van der Waals surface area contributed by atoms with E-state index in [1.807, 2.05) is 42.5 Å². The topological polar surface area (TPSA) is 42.0 Å². The Bertz CT molecular complexity index is 1430. The first-order chi connectivity index (χ1) is 19.9. The Morgan fingerprint density at radius 2 is 1.83 bits per heavy atom. The molecule has 3 aromatic carbocycles. The van der Waals surface area contributed by atoms with Gasteiger partial charge in [-0.3, -0.25) is 18.9 Å². The minimum absolute atomic E-state index is 0.0999. The maximum Gasteiger partial charge on any atom is 0.277 e. The Labute approximate surface area is 251 Å². The van der Waals surface area contributed by atoms with Crippen LogP contribution in [0.5, 0.6) is 5.75 Å². The molecule has 216 valence electrons. The van der Waals surface area contributed by atoms with Gasteiger partial charge in [0.05, 0.1) is 13.8 Å². The summed E-state index contributed by atoms with van der Waals surface area (Å²) >= 11 is 13.0. The second-order valence-electron chi connectivity index (χ2n) is 10.6. The maximum atomic E-state index is 12.8. The number of carbonyl (C=O) groups is 1. The number of nitrogens with zero attached hydrogens (tertiary/aromatic N) is 2. The largest absolute Gasteiger partial charge is 0.489 e. The van der Waals surface area contributed by atoms with Crippen LogP contribution in [0.3, 0.4) is 0 Å². The smallest absolute Gasteiger partial charge is 0.277 e. The van der Waals surface area contributed by atoms with Crippen molar-refractivity contribution in [2.24, 2.45) is 0 Å². The van der Waals surface area contributed by atoms with E-state index in [1.54, 1.807) is 13.1 Å². The monoisotopic (exact) mass is 596 g/mol. The summed E-state index contributed by atoms with van der Waals surface area (Å²) in [6.45, 7) is 2.24. The maximum absolute atomic E-state index is 12.8. The molecule has 1 aliphatic carbocycles. The summed E-state index contributed by atoms with van der Waals surface area (Å²) in [4.78, 5) is 20.2. The van der Waals surface area contributed by atoms with Gasteiger partial charge in [0, 0.05) is 42.3 Å². The first-order valence-electron chi connectivity index (χ1n) is 14.1. The fraction of sp³-hybridized carbons (Fsp3) is 0.364. The zero-order valence-corrected chi connectivity index (χ0v) is 25.0. The second kappa shape index (κ2) is 13.4. The number of likely N-dealkylation sites (tertiary alicyclic amines) is 1. The number of rotatable bonds is 9. The highest BCUT2D eigenvalue weighted by atomic mass is 35.5. The Kier molecular flexibility index (Phi) is 9.66. The lowest BCUT2D eigenvalue weighted by Crippen LogP contribution is -2.26. The summed E-state index contributed by atoms with van der Waals surface area (Å²) in [7, 11) is 3.09. The number of halogens is 3. The number of benzene rings is 3. The Morgan fingerprint density at radius 1 is 1.05 bits per heavy atom. The Balaban J connectivity index is 1.51. The average Bonchev–Trinajstić information content (AvgIpc) is 3.34. The molecule has 0 saturated carbocycles. The zero-order chi connectivity index (χ0) is 28.9. The van der Waals surface area contributed by atoms with Crippen LogP contribution in [0.4, 0.5) is 4.39 Å². The molecule has 1 amide bonds. The summed E-state index contributed by atoms with van der Waals surface area (Å²) < 4.78 is 18.9. The molecule has 0 radical (unpaired) electrons. The third-order valence-corrected chi connectivity index (χ3v) is 8.44. The van der Waals surface area contributed by atoms with E-state index in [2.05, 4.69) is 17.0 Å². The zero-order valence-electron chi connectivity index (χ0n) is 23.5. The summed E-state index contributed by atoms with van der Waals surface area (Å²) in [5.41, 5.74) is 7.00. The third kappa shape index (κ3) is 6.78. The molecule has 5 rings (SSSR count). The first-order valence-corrected chi connectivity index (χ1v) is 14.8. The minimum Gasteiger partial charge on any atom is -0.489 e. The van der Waals surface area contributed by atoms with E-state index in [4.69, 9.17) is 32.8 Å². The van der Waals surface area contributed by atoms with Crippen molar-refractivity contribution in [3.8, 4) is 5.75 Å². The van der Waals surface area contributed by atoms with E-state index in [0.717, 1.165) is 84.5 Å². The minimum atomic E-state index is -0.284. The molecule has 2 aliphatic rings. The lowest BCUT2D eigenvalue weighted by atomic mass is 9.87. The fourth-order valence-electron chi connectivity index (χ4n) is 5.79. The van der Waals surface area contributed by atoms with Gasteiger partial charge >= 0.3 is 0 Å². The fourth-order valence-corrected chi connectivity index (χ4v) is 6.31. The van der Waals surface area contributed by atoms with Gasteiger partial charge in [-0.2, -0.15) is 0 Å². The highest BCUT2D eigenvalue weighted by Gasteiger charge is 2.25. The van der Waals surface area contributed by atoms with E-state index in [9.17, 15) is 9.18 Å². The predicted octanol–water partition coefficient (Wildman–Crippen LogP) is 7.73. The van der Waals surface area contributed by atoms with Crippen molar-refractivity contribution in [2.45, 2.75) is 38.2 Å². The van der Waals surface area contributed by atoms with Crippen molar-refractivity contribution in [1.82, 2.24) is 9.96 Å². The number of hydrogen-bond donors (Lipinski definition) is 0. The van der Waals surface area contributed by atoms with Crippen molar-refractivity contribution >= 4 is 40.3 Å². The van der Waals surface area contributed by atoms with Crippen LogP contribution in [0, 0.1) is 0 Å². The van der Waals surface area contributed by atoms with Gasteiger partial charge in [0.2, 0.25) is 0 Å². The molecule has 0 aromatic heterocycles. The van der Waals surface area contributed by atoms with Gasteiger partial charge in [-0.1, -0.05) is 47.5 Å². The van der Waals surface area contributed by atoms with Gasteiger partial charge in [-0.25, -0.2) is 5.06 Å². The van der Waals surface area contributed by atoms with Crippen molar-refractivity contribution < 1.29 is 18.8 Å². The molecular weight excluding hydrogens is 562 g/mol. The molecule has 1 unspecified atom stereocenters. The number of allylic oxidation sites excluding steroid dienone is 1. The van der Waals surface area contributed by atoms with Gasteiger partial charge in [-0.05, 0) is 102 Å². The molecule has 1 heterocycles. The molecule has 41 heavy (non-hydrogen) atoms. The van der Waals surface area contributed by atoms with E-state index >= 15 is 0 Å². The lowest BCUT2D eigenvalue weighted by Gasteiger charge is -2.20. The van der Waals surface area contributed by atoms with Crippen molar-refractivity contribution in [1.29, 1.82) is 0 Å². The van der Waals surface area contributed by atoms with Crippen LogP contribution in [-0.4, -0.2) is 62.4 Å². The molecule has 0 N–H and O–H groups in total. The van der Waals surface area contributed by atoms with E-state index in [-0.39, 0.29) is 18.7 Å². The molecule has 1 fully saturated rings. The third-order valence-electron chi connectivity index (χ3n) is 7.90. The van der Waals surface area contributed by atoms with E-state index in [1.165, 1.54) is 12.2 Å². The number of fused-ring (bicyclic) bond motifs is 1. The number of aryl methyl sites for hydroxylation is 1. The van der Waals surface area contributed by atoms with E-state index in [0.29, 0.717) is 22.0 Å². The average molecular weight is 598 g/mol. The second-order valence-corrected chi connectivity index (χ2v) is 11.4. The van der Waals surface area contributed by atoms with Crippen LogP contribution in [0.15, 0.2) is 60.7 Å². The van der Waals surface area contributed by atoms with Crippen LogP contribution < -0.4 is 4.74 Å². The van der Waals surface area contributed by atoms with Crippen molar-refractivity contribution in [3.05, 3.63) is 98.5 Å². The quantitative estimate of drug-likeness (QED) is 0.237. The number of amides is 1. The Hall–Kier alpha value is -2.90. The van der Waals surface area contributed by atoms with Gasteiger partial charge < -0.3 is 4.74 Å². The number of ether oxygens (including phenoxy) is 1. The summed E-state index contributed by atoms with van der Waals surface area (Å²) in [6.07, 6.45) is 4.16. The van der Waals surface area contributed by atoms with Crippen molar-refractivity contribution in [2.75, 3.05) is 40.5 Å². The molecule has 1 aliphatic heterocycles. The SMILES string of the molecule is CON(C)C(=O)c1ccc2c(c1)CCCC(c1ccc(Cl)cc1Cl)=C2c1ccc(OC2CCN(CCCF)C2)cc1. The number of hydrogen-bond acceptors (Lipinski definition) is 4. The standard InChI is InChI=1S/C33H35Cl2FN2O3/c1-37(40-2)33(39)24-9-13-28-23(19-24)5-3-6-30(29-14-10-25(34)20-31(29)35)32(28)22-7-11-26(12-8-22)41-27-15-18-38(21-27)17-4-16-36/h7-14,19-20,27H,3-6,15-18,21H2,1-2H3. The van der Waals surface area contributed by atoms with Gasteiger partial charge in [0.1, 0.15) is 11.9 Å².